The fourth-order valence-electron chi connectivity index (χ4n) is 2.49. The lowest BCUT2D eigenvalue weighted by Crippen LogP contribution is -2.53. The van der Waals surface area contributed by atoms with Crippen molar-refractivity contribution in [1.29, 1.82) is 0 Å². The topological polar surface area (TPSA) is 64.3 Å². The highest BCUT2D eigenvalue weighted by atomic mass is 16.5. The number of amides is 1. The van der Waals surface area contributed by atoms with E-state index in [1.165, 1.54) is 11.1 Å². The quantitative estimate of drug-likeness (QED) is 0.810. The Morgan fingerprint density at radius 2 is 2.10 bits per heavy atom. The number of hydrogen-bond acceptors (Lipinski definition) is 3. The number of benzene rings is 1. The molecule has 1 aromatic rings. The fourth-order valence-corrected chi connectivity index (χ4v) is 2.49. The molecule has 3 N–H and O–H groups in total. The SMILES string of the molecule is Cc1ccc(OCCC(=O)NC(C)(CN)C2CC2)cc1C. The third-order valence-corrected chi connectivity index (χ3v) is 4.40. The van der Waals surface area contributed by atoms with Gasteiger partial charge in [-0.05, 0) is 62.8 Å². The predicted molar refractivity (Wildman–Crippen MR) is 84.4 cm³/mol. The van der Waals surface area contributed by atoms with Gasteiger partial charge in [-0.3, -0.25) is 4.79 Å². The molecule has 1 aromatic carbocycles. The van der Waals surface area contributed by atoms with Crippen LogP contribution in [-0.2, 0) is 4.79 Å². The first-order valence-corrected chi connectivity index (χ1v) is 7.66. The molecule has 0 spiro atoms. The van der Waals surface area contributed by atoms with Gasteiger partial charge in [0.2, 0.25) is 5.91 Å². The molecule has 0 aliphatic heterocycles. The zero-order valence-corrected chi connectivity index (χ0v) is 13.2. The van der Waals surface area contributed by atoms with Crippen LogP contribution in [0.2, 0.25) is 0 Å². The zero-order valence-electron chi connectivity index (χ0n) is 13.2. The van der Waals surface area contributed by atoms with Crippen LogP contribution in [0.1, 0.15) is 37.3 Å². The van der Waals surface area contributed by atoms with Crippen LogP contribution in [0.15, 0.2) is 18.2 Å². The Balaban J connectivity index is 1.77. The Labute approximate surface area is 127 Å². The molecule has 116 valence electrons. The minimum atomic E-state index is -0.252. The molecule has 1 aliphatic rings. The van der Waals surface area contributed by atoms with Crippen LogP contribution < -0.4 is 15.8 Å². The number of nitrogens with one attached hydrogen (secondary N) is 1. The smallest absolute Gasteiger partial charge is 0.223 e. The molecule has 0 aromatic heterocycles. The van der Waals surface area contributed by atoms with Gasteiger partial charge in [0, 0.05) is 6.54 Å². The number of rotatable bonds is 7. The summed E-state index contributed by atoms with van der Waals surface area (Å²) in [4.78, 5) is 12.0. The van der Waals surface area contributed by atoms with Gasteiger partial charge in [-0.25, -0.2) is 0 Å². The summed E-state index contributed by atoms with van der Waals surface area (Å²) in [6, 6.07) is 5.97. The molecule has 1 saturated carbocycles. The van der Waals surface area contributed by atoms with E-state index in [0.29, 0.717) is 25.5 Å². The molecule has 1 amide bonds. The van der Waals surface area contributed by atoms with Gasteiger partial charge in [-0.2, -0.15) is 0 Å². The number of carbonyl (C=O) groups excluding carboxylic acids is 1. The summed E-state index contributed by atoms with van der Waals surface area (Å²) < 4.78 is 5.64. The molecule has 0 heterocycles. The number of carbonyl (C=O) groups is 1. The second-order valence-electron chi connectivity index (χ2n) is 6.29. The number of nitrogens with two attached hydrogens (primary N) is 1. The average molecular weight is 290 g/mol. The van der Waals surface area contributed by atoms with Crippen molar-refractivity contribution in [2.45, 2.75) is 45.6 Å². The van der Waals surface area contributed by atoms with Crippen molar-refractivity contribution in [2.24, 2.45) is 11.7 Å². The highest BCUT2D eigenvalue weighted by Gasteiger charge is 2.41. The van der Waals surface area contributed by atoms with Crippen molar-refractivity contribution in [3.05, 3.63) is 29.3 Å². The minimum absolute atomic E-state index is 0.0127. The van der Waals surface area contributed by atoms with Crippen LogP contribution in [-0.4, -0.2) is 24.6 Å². The first-order chi connectivity index (χ1) is 9.94. The molecule has 1 unspecified atom stereocenters. The highest BCUT2D eigenvalue weighted by Crippen LogP contribution is 2.38. The largest absolute Gasteiger partial charge is 0.493 e. The molecule has 2 rings (SSSR count). The Bertz CT molecular complexity index is 512. The number of aryl methyl sites for hydroxylation is 2. The molecule has 0 radical (unpaired) electrons. The third-order valence-electron chi connectivity index (χ3n) is 4.40. The van der Waals surface area contributed by atoms with Gasteiger partial charge in [0.05, 0.1) is 18.6 Å². The van der Waals surface area contributed by atoms with Crippen LogP contribution in [0.4, 0.5) is 0 Å². The van der Waals surface area contributed by atoms with E-state index in [9.17, 15) is 4.79 Å². The van der Waals surface area contributed by atoms with E-state index in [4.69, 9.17) is 10.5 Å². The lowest BCUT2D eigenvalue weighted by Gasteiger charge is -2.29. The van der Waals surface area contributed by atoms with E-state index in [-0.39, 0.29) is 11.4 Å². The summed E-state index contributed by atoms with van der Waals surface area (Å²) in [5.74, 6) is 1.36. The van der Waals surface area contributed by atoms with Crippen molar-refractivity contribution < 1.29 is 9.53 Å². The summed E-state index contributed by atoms with van der Waals surface area (Å²) in [5, 5.41) is 3.07. The average Bonchev–Trinajstić information content (AvgIpc) is 3.27. The fraction of sp³-hybridized carbons (Fsp3) is 0.588. The Kier molecular flexibility index (Phi) is 4.88. The van der Waals surface area contributed by atoms with Gasteiger partial charge in [0.1, 0.15) is 5.75 Å². The van der Waals surface area contributed by atoms with Gasteiger partial charge in [-0.1, -0.05) is 6.07 Å². The highest BCUT2D eigenvalue weighted by molar-refractivity contribution is 5.77. The summed E-state index contributed by atoms with van der Waals surface area (Å²) in [7, 11) is 0. The van der Waals surface area contributed by atoms with E-state index < -0.39 is 0 Å². The Morgan fingerprint density at radius 1 is 1.38 bits per heavy atom. The van der Waals surface area contributed by atoms with Crippen LogP contribution >= 0.6 is 0 Å². The zero-order chi connectivity index (χ0) is 15.5. The van der Waals surface area contributed by atoms with Crippen LogP contribution in [0.25, 0.3) is 0 Å². The lowest BCUT2D eigenvalue weighted by molar-refractivity contribution is -0.123. The molecule has 1 aliphatic carbocycles. The van der Waals surface area contributed by atoms with Crippen molar-refractivity contribution in [2.75, 3.05) is 13.2 Å². The molecule has 0 bridgehead atoms. The Morgan fingerprint density at radius 3 is 2.67 bits per heavy atom. The van der Waals surface area contributed by atoms with E-state index in [2.05, 4.69) is 19.2 Å². The molecule has 1 atom stereocenters. The van der Waals surface area contributed by atoms with Gasteiger partial charge < -0.3 is 15.8 Å². The molecule has 4 nitrogen and oxygen atoms in total. The van der Waals surface area contributed by atoms with Gasteiger partial charge in [0.25, 0.3) is 0 Å². The van der Waals surface area contributed by atoms with Crippen LogP contribution in [0.5, 0.6) is 5.75 Å². The number of ether oxygens (including phenoxy) is 1. The van der Waals surface area contributed by atoms with Crippen molar-refractivity contribution in [1.82, 2.24) is 5.32 Å². The monoisotopic (exact) mass is 290 g/mol. The molecule has 0 saturated heterocycles. The van der Waals surface area contributed by atoms with Crippen molar-refractivity contribution >= 4 is 5.91 Å². The van der Waals surface area contributed by atoms with Crippen molar-refractivity contribution in [3.8, 4) is 5.75 Å². The van der Waals surface area contributed by atoms with Crippen molar-refractivity contribution in [3.63, 3.8) is 0 Å². The summed E-state index contributed by atoms with van der Waals surface area (Å²) in [6.45, 7) is 7.03. The summed E-state index contributed by atoms with van der Waals surface area (Å²) in [6.07, 6.45) is 2.68. The maximum atomic E-state index is 12.0. The van der Waals surface area contributed by atoms with Crippen LogP contribution in [0.3, 0.4) is 0 Å². The third kappa shape index (κ3) is 4.21. The second-order valence-corrected chi connectivity index (χ2v) is 6.29. The maximum Gasteiger partial charge on any atom is 0.223 e. The van der Waals surface area contributed by atoms with E-state index in [1.807, 2.05) is 25.1 Å². The molecule has 21 heavy (non-hydrogen) atoms. The summed E-state index contributed by atoms with van der Waals surface area (Å²) in [5.41, 5.74) is 7.98. The minimum Gasteiger partial charge on any atom is -0.493 e. The van der Waals surface area contributed by atoms with Gasteiger partial charge in [0.15, 0.2) is 0 Å². The lowest BCUT2D eigenvalue weighted by atomic mass is 9.96. The first-order valence-electron chi connectivity index (χ1n) is 7.66. The second kappa shape index (κ2) is 6.48. The Hall–Kier alpha value is -1.55. The molecule has 1 fully saturated rings. The number of hydrogen-bond donors (Lipinski definition) is 2. The predicted octanol–water partition coefficient (Wildman–Crippen LogP) is 2.32. The van der Waals surface area contributed by atoms with E-state index >= 15 is 0 Å². The summed E-state index contributed by atoms with van der Waals surface area (Å²) >= 11 is 0. The van der Waals surface area contributed by atoms with Gasteiger partial charge >= 0.3 is 0 Å². The molecular formula is C17H26N2O2. The molecule has 4 heteroatoms. The van der Waals surface area contributed by atoms with Gasteiger partial charge in [-0.15, -0.1) is 0 Å². The normalized spacial score (nSPS) is 17.1. The van der Waals surface area contributed by atoms with E-state index in [0.717, 1.165) is 18.6 Å². The molecular weight excluding hydrogens is 264 g/mol. The maximum absolute atomic E-state index is 12.0. The standard InChI is InChI=1S/C17H26N2O2/c1-12-4-7-15(10-13(12)2)21-9-8-16(20)19-17(3,11-18)14-5-6-14/h4,7,10,14H,5-6,8-9,11,18H2,1-3H3,(H,19,20). The van der Waals surface area contributed by atoms with Crippen LogP contribution in [0, 0.1) is 19.8 Å². The first kappa shape index (κ1) is 15.8. The van der Waals surface area contributed by atoms with E-state index in [1.54, 1.807) is 0 Å².